The molecular formula is C25H25F2N5O2. The minimum absolute atomic E-state index is 0.0734. The molecule has 176 valence electrons. The summed E-state index contributed by atoms with van der Waals surface area (Å²) < 4.78 is 27.8. The van der Waals surface area contributed by atoms with Crippen LogP contribution >= 0.6 is 0 Å². The Morgan fingerprint density at radius 3 is 2.74 bits per heavy atom. The number of rotatable bonds is 5. The average molecular weight is 466 g/mol. The molecule has 9 heteroatoms. The van der Waals surface area contributed by atoms with Crippen molar-refractivity contribution in [3.63, 3.8) is 0 Å². The van der Waals surface area contributed by atoms with E-state index in [1.807, 2.05) is 26.0 Å². The molecule has 1 fully saturated rings. The highest BCUT2D eigenvalue weighted by Crippen LogP contribution is 2.36. The zero-order valence-electron chi connectivity index (χ0n) is 19.1. The van der Waals surface area contributed by atoms with Crippen LogP contribution in [0.15, 0.2) is 36.4 Å². The molecule has 7 nitrogen and oxygen atoms in total. The van der Waals surface area contributed by atoms with Gasteiger partial charge >= 0.3 is 5.97 Å². The number of nitrogens with one attached hydrogen (secondary N) is 1. The maximum Gasteiger partial charge on any atom is 0.337 e. The molecule has 0 bridgehead atoms. The summed E-state index contributed by atoms with van der Waals surface area (Å²) in [7, 11) is 0. The number of benzene rings is 2. The van der Waals surface area contributed by atoms with Crippen molar-refractivity contribution in [2.45, 2.75) is 51.6 Å². The first-order valence-corrected chi connectivity index (χ1v) is 11.1. The first kappa shape index (κ1) is 23.4. The Kier molecular flexibility index (Phi) is 6.09. The van der Waals surface area contributed by atoms with E-state index < -0.39 is 17.9 Å². The van der Waals surface area contributed by atoms with Crippen molar-refractivity contribution in [1.82, 2.24) is 9.97 Å². The number of aromatic nitrogens is 2. The molecule has 4 rings (SSSR count). The summed E-state index contributed by atoms with van der Waals surface area (Å²) in [6.07, 6.45) is -0.630. The molecule has 0 radical (unpaired) electrons. The van der Waals surface area contributed by atoms with Crippen molar-refractivity contribution in [3.05, 3.63) is 58.8 Å². The molecule has 1 unspecified atom stereocenters. The number of piperidine rings is 1. The monoisotopic (exact) mass is 465 g/mol. The number of halogens is 2. The van der Waals surface area contributed by atoms with E-state index in [0.717, 1.165) is 11.1 Å². The molecular weight excluding hydrogens is 440 g/mol. The molecule has 1 aliphatic rings. The molecule has 1 saturated heterocycles. The van der Waals surface area contributed by atoms with Gasteiger partial charge in [0.05, 0.1) is 22.6 Å². The summed E-state index contributed by atoms with van der Waals surface area (Å²) in [5, 5.41) is 22.5. The normalized spacial score (nSPS) is 18.4. The van der Waals surface area contributed by atoms with E-state index in [1.54, 1.807) is 30.0 Å². The number of carbonyl (C=O) groups is 1. The minimum Gasteiger partial charge on any atom is -0.478 e. The number of para-hydroxylation sites is 1. The number of fused-ring (bicyclic) bond motifs is 1. The van der Waals surface area contributed by atoms with Gasteiger partial charge in [0, 0.05) is 36.7 Å². The maximum absolute atomic E-state index is 13.9. The largest absolute Gasteiger partial charge is 0.478 e. The predicted molar refractivity (Wildman–Crippen MR) is 125 cm³/mol. The van der Waals surface area contributed by atoms with Crippen LogP contribution in [0.5, 0.6) is 0 Å². The lowest BCUT2D eigenvalue weighted by Gasteiger charge is -2.38. The van der Waals surface area contributed by atoms with Crippen LogP contribution in [-0.4, -0.2) is 39.6 Å². The van der Waals surface area contributed by atoms with Gasteiger partial charge in [0.2, 0.25) is 0 Å². The van der Waals surface area contributed by atoms with E-state index in [9.17, 15) is 23.9 Å². The van der Waals surface area contributed by atoms with Gasteiger partial charge < -0.3 is 15.3 Å². The fourth-order valence-electron chi connectivity index (χ4n) is 4.50. The molecule has 2 N–H and O–H groups in total. The van der Waals surface area contributed by atoms with E-state index >= 15 is 0 Å². The standard InChI is InChI=1S/C25H25F2N5O2/c1-14-10-18(16(3)29-19-7-5-4-6-17(19)24(33)34)22-20(11-14)30-21(13-28)23(31-22)32-9-8-25(26,27)12-15(32)2/h4-7,10-11,15-16,29H,8-9,12H2,1-3H3,(H,33,34)/t15?,16-/m1/s1. The van der Waals surface area contributed by atoms with Gasteiger partial charge in [0.25, 0.3) is 5.92 Å². The first-order chi connectivity index (χ1) is 16.1. The van der Waals surface area contributed by atoms with Crippen LogP contribution < -0.4 is 10.2 Å². The van der Waals surface area contributed by atoms with E-state index in [4.69, 9.17) is 4.98 Å². The Balaban J connectivity index is 1.80. The van der Waals surface area contributed by atoms with E-state index in [-0.39, 0.29) is 36.7 Å². The van der Waals surface area contributed by atoms with Crippen molar-refractivity contribution in [2.24, 2.45) is 0 Å². The fraction of sp³-hybridized carbons (Fsp3) is 0.360. The SMILES string of the molecule is Cc1cc([C@@H](C)Nc2ccccc2C(=O)O)c2nc(N3CCC(F)(F)CC3C)c(C#N)nc2c1. The second-order valence-electron chi connectivity index (χ2n) is 8.80. The van der Waals surface area contributed by atoms with E-state index in [1.165, 1.54) is 6.07 Å². The lowest BCUT2D eigenvalue weighted by molar-refractivity contribution is -0.0319. The third-order valence-electron chi connectivity index (χ3n) is 6.14. The summed E-state index contributed by atoms with van der Waals surface area (Å²) in [5.41, 5.74) is 3.43. The van der Waals surface area contributed by atoms with Gasteiger partial charge in [0.15, 0.2) is 11.5 Å². The van der Waals surface area contributed by atoms with Gasteiger partial charge in [-0.3, -0.25) is 0 Å². The summed E-state index contributed by atoms with van der Waals surface area (Å²) >= 11 is 0. The second kappa shape index (κ2) is 8.86. The third-order valence-corrected chi connectivity index (χ3v) is 6.14. The molecule has 0 aliphatic carbocycles. The number of hydrogen-bond donors (Lipinski definition) is 2. The summed E-state index contributed by atoms with van der Waals surface area (Å²) in [5.74, 6) is -3.49. The van der Waals surface area contributed by atoms with Gasteiger partial charge in [0.1, 0.15) is 6.07 Å². The number of alkyl halides is 2. The molecule has 2 aromatic carbocycles. The average Bonchev–Trinajstić information content (AvgIpc) is 2.77. The van der Waals surface area contributed by atoms with Crippen molar-refractivity contribution in [3.8, 4) is 6.07 Å². The van der Waals surface area contributed by atoms with Crippen LogP contribution in [-0.2, 0) is 0 Å². The summed E-state index contributed by atoms with van der Waals surface area (Å²) in [6.45, 7) is 5.56. The second-order valence-corrected chi connectivity index (χ2v) is 8.80. The zero-order chi connectivity index (χ0) is 24.6. The van der Waals surface area contributed by atoms with Gasteiger partial charge in [-0.05, 0) is 44.5 Å². The molecule has 0 amide bonds. The highest BCUT2D eigenvalue weighted by Gasteiger charge is 2.39. The van der Waals surface area contributed by atoms with Crippen LogP contribution in [0.3, 0.4) is 0 Å². The number of aryl methyl sites for hydroxylation is 1. The van der Waals surface area contributed by atoms with Gasteiger partial charge in [-0.2, -0.15) is 5.26 Å². The van der Waals surface area contributed by atoms with Crippen molar-refractivity contribution >= 4 is 28.5 Å². The Hall–Kier alpha value is -3.80. The minimum atomic E-state index is -2.74. The number of nitrogens with zero attached hydrogens (tertiary/aromatic N) is 4. The van der Waals surface area contributed by atoms with Crippen LogP contribution in [0, 0.1) is 18.3 Å². The quantitative estimate of drug-likeness (QED) is 0.527. The number of carboxylic acid groups (broad SMARTS) is 1. The molecule has 34 heavy (non-hydrogen) atoms. The first-order valence-electron chi connectivity index (χ1n) is 11.1. The lowest BCUT2D eigenvalue weighted by Crippen LogP contribution is -2.46. The fourth-order valence-corrected chi connectivity index (χ4v) is 4.50. The van der Waals surface area contributed by atoms with Gasteiger partial charge in [-0.15, -0.1) is 0 Å². The van der Waals surface area contributed by atoms with Crippen LogP contribution in [0.1, 0.15) is 59.9 Å². The Labute approximate surface area is 196 Å². The predicted octanol–water partition coefficient (Wildman–Crippen LogP) is 5.31. The Morgan fingerprint density at radius 2 is 2.06 bits per heavy atom. The molecule has 2 atom stereocenters. The summed E-state index contributed by atoms with van der Waals surface area (Å²) in [6, 6.07) is 11.6. The Morgan fingerprint density at radius 1 is 1.32 bits per heavy atom. The van der Waals surface area contributed by atoms with Crippen LogP contribution in [0.25, 0.3) is 11.0 Å². The number of nitriles is 1. The molecule has 3 aromatic rings. The van der Waals surface area contributed by atoms with Crippen LogP contribution in [0.4, 0.5) is 20.3 Å². The maximum atomic E-state index is 13.9. The lowest BCUT2D eigenvalue weighted by atomic mass is 9.99. The molecule has 0 saturated carbocycles. The number of hydrogen-bond acceptors (Lipinski definition) is 6. The smallest absolute Gasteiger partial charge is 0.337 e. The van der Waals surface area contributed by atoms with Crippen molar-refractivity contribution in [1.29, 1.82) is 5.26 Å². The molecule has 1 aromatic heterocycles. The highest BCUT2D eigenvalue weighted by molar-refractivity contribution is 5.94. The van der Waals surface area contributed by atoms with Crippen molar-refractivity contribution < 1.29 is 18.7 Å². The van der Waals surface area contributed by atoms with Crippen molar-refractivity contribution in [2.75, 3.05) is 16.8 Å². The number of aromatic carboxylic acids is 1. The zero-order valence-corrected chi connectivity index (χ0v) is 19.1. The Bertz CT molecular complexity index is 1300. The van der Waals surface area contributed by atoms with Crippen LogP contribution in [0.2, 0.25) is 0 Å². The topological polar surface area (TPSA) is 102 Å². The number of anilines is 2. The van der Waals surface area contributed by atoms with Gasteiger partial charge in [-0.1, -0.05) is 18.2 Å². The summed E-state index contributed by atoms with van der Waals surface area (Å²) in [4.78, 5) is 22.6. The highest BCUT2D eigenvalue weighted by atomic mass is 19.3. The molecule has 1 aliphatic heterocycles. The number of carboxylic acids is 1. The van der Waals surface area contributed by atoms with E-state index in [2.05, 4.69) is 16.4 Å². The van der Waals surface area contributed by atoms with Gasteiger partial charge in [-0.25, -0.2) is 23.5 Å². The van der Waals surface area contributed by atoms with E-state index in [0.29, 0.717) is 22.5 Å². The third kappa shape index (κ3) is 4.49. The molecule has 0 spiro atoms. The molecule has 2 heterocycles.